The average Bonchev–Trinajstić information content (AvgIpc) is 2.36. The maximum Gasteiger partial charge on any atom is 0.325 e. The summed E-state index contributed by atoms with van der Waals surface area (Å²) in [5.41, 5.74) is -0.750. The van der Waals surface area contributed by atoms with Gasteiger partial charge in [-0.05, 0) is 39.5 Å². The number of ether oxygens (including phenoxy) is 1. The minimum atomic E-state index is -0.750. The number of hydrogen-bond donors (Lipinski definition) is 1. The number of nitrogens with zero attached hydrogens (tertiary/aromatic N) is 1. The van der Waals surface area contributed by atoms with Crippen LogP contribution < -0.4 is 5.32 Å². The monoisotopic (exact) mass is 240 g/mol. The molecule has 0 bridgehead atoms. The molecule has 2 aliphatic rings. The van der Waals surface area contributed by atoms with Gasteiger partial charge in [-0.2, -0.15) is 0 Å². The minimum absolute atomic E-state index is 0.123. The molecular formula is C12H20N2O3. The molecule has 1 N–H and O–H groups in total. The van der Waals surface area contributed by atoms with Gasteiger partial charge >= 0.3 is 6.03 Å². The predicted molar refractivity (Wildman–Crippen MR) is 62.5 cm³/mol. The Bertz CT molecular complexity index is 335. The largest absolute Gasteiger partial charge is 0.378 e. The average molecular weight is 240 g/mol. The predicted octanol–water partition coefficient (Wildman–Crippen LogP) is 1.13. The number of carbonyl (C=O) groups excluding carboxylic acids is 2. The van der Waals surface area contributed by atoms with Crippen LogP contribution in [0.15, 0.2) is 0 Å². The first-order chi connectivity index (χ1) is 7.94. The lowest BCUT2D eigenvalue weighted by Crippen LogP contribution is -2.44. The molecule has 1 saturated carbocycles. The first kappa shape index (κ1) is 12.4. The lowest BCUT2D eigenvalue weighted by atomic mass is 9.82. The van der Waals surface area contributed by atoms with Crippen LogP contribution in [-0.2, 0) is 9.53 Å². The highest BCUT2D eigenvalue weighted by Crippen LogP contribution is 2.32. The van der Waals surface area contributed by atoms with E-state index in [4.69, 9.17) is 4.74 Å². The number of rotatable bonds is 4. The Hall–Kier alpha value is -1.10. The van der Waals surface area contributed by atoms with Gasteiger partial charge in [0.25, 0.3) is 5.91 Å². The van der Waals surface area contributed by atoms with Gasteiger partial charge in [0.1, 0.15) is 5.54 Å². The molecule has 2 rings (SSSR count). The minimum Gasteiger partial charge on any atom is -0.378 e. The fraction of sp³-hybridized carbons (Fsp3) is 0.833. The molecule has 17 heavy (non-hydrogen) atoms. The smallest absolute Gasteiger partial charge is 0.325 e. The molecule has 1 saturated heterocycles. The van der Waals surface area contributed by atoms with Crippen LogP contribution in [0.3, 0.4) is 0 Å². The van der Waals surface area contributed by atoms with Gasteiger partial charge in [-0.15, -0.1) is 0 Å². The van der Waals surface area contributed by atoms with E-state index < -0.39 is 5.54 Å². The Labute approximate surface area is 101 Å². The first-order valence-corrected chi connectivity index (χ1v) is 6.19. The zero-order valence-electron chi connectivity index (χ0n) is 10.7. The van der Waals surface area contributed by atoms with Crippen molar-refractivity contribution in [2.24, 2.45) is 5.92 Å². The van der Waals surface area contributed by atoms with E-state index in [2.05, 4.69) is 5.32 Å². The molecule has 0 aromatic rings. The summed E-state index contributed by atoms with van der Waals surface area (Å²) in [7, 11) is 0. The van der Waals surface area contributed by atoms with E-state index >= 15 is 0 Å². The van der Waals surface area contributed by atoms with Gasteiger partial charge in [-0.3, -0.25) is 9.69 Å². The molecule has 5 nitrogen and oxygen atoms in total. The van der Waals surface area contributed by atoms with E-state index in [9.17, 15) is 9.59 Å². The zero-order chi connectivity index (χ0) is 12.6. The van der Waals surface area contributed by atoms with Gasteiger partial charge in [0.15, 0.2) is 0 Å². The standard InChI is InChI=1S/C12H20N2O3/c1-4-17-9-5-8(6-9)7-14-10(15)12(2,3)13-11(14)16/h8-9H,4-7H2,1-3H3,(H,13,16). The number of imide groups is 1. The highest BCUT2D eigenvalue weighted by atomic mass is 16.5. The quantitative estimate of drug-likeness (QED) is 0.749. The van der Waals surface area contributed by atoms with Gasteiger partial charge in [0, 0.05) is 13.2 Å². The number of carbonyl (C=O) groups is 2. The third kappa shape index (κ3) is 2.29. The Balaban J connectivity index is 1.85. The van der Waals surface area contributed by atoms with Crippen LogP contribution in [0, 0.1) is 5.92 Å². The molecule has 0 unspecified atom stereocenters. The Kier molecular flexibility index (Phi) is 3.12. The number of nitrogens with one attached hydrogen (secondary N) is 1. The van der Waals surface area contributed by atoms with E-state index in [1.165, 1.54) is 4.90 Å². The van der Waals surface area contributed by atoms with Gasteiger partial charge in [-0.25, -0.2) is 4.79 Å². The van der Waals surface area contributed by atoms with Crippen molar-refractivity contribution in [2.75, 3.05) is 13.2 Å². The summed E-state index contributed by atoms with van der Waals surface area (Å²) in [5, 5.41) is 2.69. The summed E-state index contributed by atoms with van der Waals surface area (Å²) in [6.45, 7) is 6.70. The second-order valence-electron chi connectivity index (χ2n) is 5.39. The lowest BCUT2D eigenvalue weighted by molar-refractivity contribution is -0.131. The lowest BCUT2D eigenvalue weighted by Gasteiger charge is -2.36. The molecular weight excluding hydrogens is 220 g/mol. The Morgan fingerprint density at radius 3 is 2.53 bits per heavy atom. The van der Waals surface area contributed by atoms with Gasteiger partial charge < -0.3 is 10.1 Å². The van der Waals surface area contributed by atoms with Crippen LogP contribution in [-0.4, -0.2) is 41.6 Å². The van der Waals surface area contributed by atoms with Crippen molar-refractivity contribution in [3.05, 3.63) is 0 Å². The highest BCUT2D eigenvalue weighted by Gasteiger charge is 2.46. The molecule has 0 atom stereocenters. The molecule has 0 aromatic heterocycles. The molecule has 0 aromatic carbocycles. The molecule has 0 spiro atoms. The molecule has 1 aliphatic heterocycles. The van der Waals surface area contributed by atoms with E-state index in [0.717, 1.165) is 19.4 Å². The number of urea groups is 1. The summed E-state index contributed by atoms with van der Waals surface area (Å²) < 4.78 is 5.46. The van der Waals surface area contributed by atoms with Crippen LogP contribution in [0.25, 0.3) is 0 Å². The van der Waals surface area contributed by atoms with Crippen LogP contribution >= 0.6 is 0 Å². The second-order valence-corrected chi connectivity index (χ2v) is 5.39. The van der Waals surface area contributed by atoms with E-state index in [-0.39, 0.29) is 11.9 Å². The maximum atomic E-state index is 11.9. The fourth-order valence-electron chi connectivity index (χ4n) is 2.44. The van der Waals surface area contributed by atoms with Crippen molar-refractivity contribution < 1.29 is 14.3 Å². The Morgan fingerprint density at radius 1 is 1.41 bits per heavy atom. The first-order valence-electron chi connectivity index (χ1n) is 6.19. The summed E-state index contributed by atoms with van der Waals surface area (Å²) in [6, 6.07) is -0.264. The van der Waals surface area contributed by atoms with E-state index in [1.54, 1.807) is 13.8 Å². The van der Waals surface area contributed by atoms with Crippen molar-refractivity contribution in [3.63, 3.8) is 0 Å². The number of hydrogen-bond acceptors (Lipinski definition) is 3. The third-order valence-electron chi connectivity index (χ3n) is 3.48. The summed E-state index contributed by atoms with van der Waals surface area (Å²) in [5.74, 6) is 0.275. The molecule has 1 aliphatic carbocycles. The van der Waals surface area contributed by atoms with Crippen molar-refractivity contribution in [2.45, 2.75) is 45.3 Å². The fourth-order valence-corrected chi connectivity index (χ4v) is 2.44. The molecule has 96 valence electrons. The maximum absolute atomic E-state index is 11.9. The molecule has 0 radical (unpaired) electrons. The van der Waals surface area contributed by atoms with E-state index in [0.29, 0.717) is 18.6 Å². The number of amides is 3. The van der Waals surface area contributed by atoms with Crippen LogP contribution in [0.5, 0.6) is 0 Å². The van der Waals surface area contributed by atoms with Crippen molar-refractivity contribution in [3.8, 4) is 0 Å². The van der Waals surface area contributed by atoms with Crippen LogP contribution in [0.4, 0.5) is 4.79 Å². The molecule has 1 heterocycles. The van der Waals surface area contributed by atoms with Gasteiger partial charge in [-0.1, -0.05) is 0 Å². The van der Waals surface area contributed by atoms with Crippen LogP contribution in [0.1, 0.15) is 33.6 Å². The van der Waals surface area contributed by atoms with Gasteiger partial charge in [0.05, 0.1) is 6.10 Å². The normalized spacial score (nSPS) is 31.4. The van der Waals surface area contributed by atoms with E-state index in [1.807, 2.05) is 6.92 Å². The van der Waals surface area contributed by atoms with Crippen molar-refractivity contribution in [1.82, 2.24) is 10.2 Å². The van der Waals surface area contributed by atoms with Crippen molar-refractivity contribution >= 4 is 11.9 Å². The highest BCUT2D eigenvalue weighted by molar-refractivity contribution is 6.06. The van der Waals surface area contributed by atoms with Gasteiger partial charge in [0.2, 0.25) is 0 Å². The third-order valence-corrected chi connectivity index (χ3v) is 3.48. The SMILES string of the molecule is CCOC1CC(CN2C(=O)NC(C)(C)C2=O)C1. The summed E-state index contributed by atoms with van der Waals surface area (Å²) in [6.07, 6.45) is 2.22. The molecule has 3 amide bonds. The Morgan fingerprint density at radius 2 is 2.06 bits per heavy atom. The zero-order valence-corrected chi connectivity index (χ0v) is 10.7. The summed E-state index contributed by atoms with van der Waals surface area (Å²) in [4.78, 5) is 24.9. The van der Waals surface area contributed by atoms with Crippen molar-refractivity contribution in [1.29, 1.82) is 0 Å². The molecule has 5 heteroatoms. The summed E-state index contributed by atoms with van der Waals surface area (Å²) >= 11 is 0. The topological polar surface area (TPSA) is 58.6 Å². The molecule has 2 fully saturated rings. The van der Waals surface area contributed by atoms with Crippen LogP contribution in [0.2, 0.25) is 0 Å². The second kappa shape index (κ2) is 4.29.